The van der Waals surface area contributed by atoms with Crippen LogP contribution < -0.4 is 11.1 Å². The van der Waals surface area contributed by atoms with Crippen molar-refractivity contribution < 1.29 is 0 Å². The van der Waals surface area contributed by atoms with Crippen molar-refractivity contribution in [1.29, 1.82) is 0 Å². The molecule has 2 saturated carbocycles. The van der Waals surface area contributed by atoms with Crippen LogP contribution in [0.1, 0.15) is 72.1 Å². The SMILES string of the molecule is CCC1CCCCC1(CN)NC1CCC(C)(C)C1. The van der Waals surface area contributed by atoms with E-state index in [9.17, 15) is 0 Å². The monoisotopic (exact) mass is 252 g/mol. The van der Waals surface area contributed by atoms with Crippen LogP contribution in [0.5, 0.6) is 0 Å². The van der Waals surface area contributed by atoms with E-state index in [0.29, 0.717) is 11.5 Å². The Kier molecular flexibility index (Phi) is 4.38. The highest BCUT2D eigenvalue weighted by atomic mass is 15.0. The number of nitrogens with one attached hydrogen (secondary N) is 1. The molecule has 2 heteroatoms. The molecule has 0 amide bonds. The van der Waals surface area contributed by atoms with Crippen LogP contribution in [0.4, 0.5) is 0 Å². The van der Waals surface area contributed by atoms with E-state index in [1.165, 1.54) is 51.4 Å². The fraction of sp³-hybridized carbons (Fsp3) is 1.00. The van der Waals surface area contributed by atoms with Gasteiger partial charge < -0.3 is 11.1 Å². The third kappa shape index (κ3) is 2.91. The first-order chi connectivity index (χ1) is 8.51. The molecule has 2 rings (SSSR count). The molecular formula is C16H32N2. The molecule has 18 heavy (non-hydrogen) atoms. The molecular weight excluding hydrogens is 220 g/mol. The van der Waals surface area contributed by atoms with Gasteiger partial charge in [-0.25, -0.2) is 0 Å². The summed E-state index contributed by atoms with van der Waals surface area (Å²) in [4.78, 5) is 0. The highest BCUT2D eigenvalue weighted by molar-refractivity contribution is 5.01. The lowest BCUT2D eigenvalue weighted by atomic mass is 9.71. The second-order valence-corrected chi connectivity index (χ2v) is 7.46. The molecule has 3 atom stereocenters. The zero-order chi connectivity index (χ0) is 13.2. The van der Waals surface area contributed by atoms with Gasteiger partial charge in [0.2, 0.25) is 0 Å². The normalized spacial score (nSPS) is 40.0. The van der Waals surface area contributed by atoms with E-state index < -0.39 is 0 Å². The minimum absolute atomic E-state index is 0.248. The van der Waals surface area contributed by atoms with E-state index in [4.69, 9.17) is 5.73 Å². The third-order valence-electron chi connectivity index (χ3n) is 5.52. The van der Waals surface area contributed by atoms with Crippen molar-refractivity contribution in [3.8, 4) is 0 Å². The zero-order valence-corrected chi connectivity index (χ0v) is 12.6. The highest BCUT2D eigenvalue weighted by Crippen LogP contribution is 2.41. The first-order valence-corrected chi connectivity index (χ1v) is 7.99. The van der Waals surface area contributed by atoms with Crippen molar-refractivity contribution in [2.75, 3.05) is 6.54 Å². The molecule has 106 valence electrons. The lowest BCUT2D eigenvalue weighted by molar-refractivity contribution is 0.126. The second-order valence-electron chi connectivity index (χ2n) is 7.46. The average molecular weight is 252 g/mol. The predicted octanol–water partition coefficient (Wildman–Crippen LogP) is 3.45. The molecule has 0 bridgehead atoms. The minimum atomic E-state index is 0.248. The average Bonchev–Trinajstić information content (AvgIpc) is 2.69. The lowest BCUT2D eigenvalue weighted by Crippen LogP contribution is -2.60. The molecule has 0 spiro atoms. The largest absolute Gasteiger partial charge is 0.329 e. The van der Waals surface area contributed by atoms with Crippen LogP contribution in [0, 0.1) is 11.3 Å². The van der Waals surface area contributed by atoms with E-state index in [0.717, 1.165) is 12.5 Å². The maximum Gasteiger partial charge on any atom is 0.0334 e. The Morgan fingerprint density at radius 1 is 1.17 bits per heavy atom. The fourth-order valence-corrected chi connectivity index (χ4v) is 4.39. The molecule has 0 aromatic heterocycles. The van der Waals surface area contributed by atoms with Gasteiger partial charge in [0.25, 0.3) is 0 Å². The quantitative estimate of drug-likeness (QED) is 0.804. The van der Waals surface area contributed by atoms with Crippen LogP contribution in [-0.4, -0.2) is 18.1 Å². The molecule has 0 aromatic carbocycles. The van der Waals surface area contributed by atoms with Gasteiger partial charge in [-0.1, -0.05) is 40.0 Å². The molecule has 0 saturated heterocycles. The van der Waals surface area contributed by atoms with Crippen LogP contribution in [0.2, 0.25) is 0 Å². The second kappa shape index (κ2) is 5.50. The van der Waals surface area contributed by atoms with Gasteiger partial charge in [-0.2, -0.15) is 0 Å². The molecule has 0 radical (unpaired) electrons. The van der Waals surface area contributed by atoms with Crippen molar-refractivity contribution in [2.45, 2.75) is 83.7 Å². The summed E-state index contributed by atoms with van der Waals surface area (Å²) in [5.74, 6) is 0.792. The van der Waals surface area contributed by atoms with Gasteiger partial charge in [-0.15, -0.1) is 0 Å². The molecule has 0 aromatic rings. The van der Waals surface area contributed by atoms with E-state index in [2.05, 4.69) is 26.1 Å². The smallest absolute Gasteiger partial charge is 0.0334 e. The predicted molar refractivity (Wildman–Crippen MR) is 78.6 cm³/mol. The highest BCUT2D eigenvalue weighted by Gasteiger charge is 2.42. The van der Waals surface area contributed by atoms with Gasteiger partial charge >= 0.3 is 0 Å². The van der Waals surface area contributed by atoms with Gasteiger partial charge in [0.15, 0.2) is 0 Å². The third-order valence-corrected chi connectivity index (χ3v) is 5.52. The van der Waals surface area contributed by atoms with E-state index in [-0.39, 0.29) is 5.54 Å². The Bertz CT molecular complexity index is 274. The fourth-order valence-electron chi connectivity index (χ4n) is 4.39. The molecule has 3 unspecified atom stereocenters. The van der Waals surface area contributed by atoms with Crippen LogP contribution in [0.15, 0.2) is 0 Å². The van der Waals surface area contributed by atoms with Crippen LogP contribution >= 0.6 is 0 Å². The number of nitrogens with two attached hydrogens (primary N) is 1. The Labute approximate surface area is 113 Å². The Hall–Kier alpha value is -0.0800. The zero-order valence-electron chi connectivity index (χ0n) is 12.6. The molecule has 3 N–H and O–H groups in total. The van der Waals surface area contributed by atoms with Crippen molar-refractivity contribution in [3.05, 3.63) is 0 Å². The van der Waals surface area contributed by atoms with Crippen LogP contribution in [0.3, 0.4) is 0 Å². The summed E-state index contributed by atoms with van der Waals surface area (Å²) in [6.45, 7) is 7.97. The van der Waals surface area contributed by atoms with Gasteiger partial charge in [0.05, 0.1) is 0 Å². The summed E-state index contributed by atoms with van der Waals surface area (Å²) in [5.41, 5.74) is 6.97. The summed E-state index contributed by atoms with van der Waals surface area (Å²) >= 11 is 0. The molecule has 0 aliphatic heterocycles. The minimum Gasteiger partial charge on any atom is -0.329 e. The summed E-state index contributed by atoms with van der Waals surface area (Å²) in [6.07, 6.45) is 10.7. The Morgan fingerprint density at radius 3 is 2.50 bits per heavy atom. The van der Waals surface area contributed by atoms with Crippen LogP contribution in [0.25, 0.3) is 0 Å². The molecule has 0 heterocycles. The van der Waals surface area contributed by atoms with Crippen molar-refractivity contribution >= 4 is 0 Å². The maximum atomic E-state index is 6.19. The molecule has 2 fully saturated rings. The Balaban J connectivity index is 2.03. The van der Waals surface area contributed by atoms with E-state index >= 15 is 0 Å². The number of hydrogen-bond donors (Lipinski definition) is 2. The first kappa shape index (κ1) is 14.3. The van der Waals surface area contributed by atoms with Crippen LogP contribution in [-0.2, 0) is 0 Å². The van der Waals surface area contributed by atoms with Crippen molar-refractivity contribution in [2.24, 2.45) is 17.1 Å². The standard InChI is InChI=1S/C16H32N2/c1-4-13-7-5-6-9-16(13,12-17)18-14-8-10-15(2,3)11-14/h13-14,18H,4-12,17H2,1-3H3. The van der Waals surface area contributed by atoms with Gasteiger partial charge in [-0.05, 0) is 43.4 Å². The van der Waals surface area contributed by atoms with E-state index in [1.54, 1.807) is 0 Å². The lowest BCUT2D eigenvalue weighted by Gasteiger charge is -2.46. The van der Waals surface area contributed by atoms with Gasteiger partial charge in [0, 0.05) is 18.1 Å². The number of rotatable bonds is 4. The molecule has 2 nitrogen and oxygen atoms in total. The van der Waals surface area contributed by atoms with Gasteiger partial charge in [-0.3, -0.25) is 0 Å². The summed E-state index contributed by atoms with van der Waals surface area (Å²) in [5, 5.41) is 4.01. The Morgan fingerprint density at radius 2 is 1.94 bits per heavy atom. The summed E-state index contributed by atoms with van der Waals surface area (Å²) in [7, 11) is 0. The molecule has 2 aliphatic carbocycles. The first-order valence-electron chi connectivity index (χ1n) is 7.99. The topological polar surface area (TPSA) is 38.0 Å². The maximum absolute atomic E-state index is 6.19. The van der Waals surface area contributed by atoms with Crippen molar-refractivity contribution in [3.63, 3.8) is 0 Å². The summed E-state index contributed by atoms with van der Waals surface area (Å²) < 4.78 is 0. The summed E-state index contributed by atoms with van der Waals surface area (Å²) in [6, 6.07) is 0.704. The van der Waals surface area contributed by atoms with E-state index in [1.807, 2.05) is 0 Å². The molecule has 2 aliphatic rings. The van der Waals surface area contributed by atoms with Gasteiger partial charge in [0.1, 0.15) is 0 Å². The van der Waals surface area contributed by atoms with Crippen molar-refractivity contribution in [1.82, 2.24) is 5.32 Å². The number of hydrogen-bond acceptors (Lipinski definition) is 2.